The monoisotopic (exact) mass is 176 g/mol. The van der Waals surface area contributed by atoms with Crippen LogP contribution in [0.5, 0.6) is 0 Å². The molecular weight excluding hydrogens is 160 g/mol. The zero-order valence-corrected chi connectivity index (χ0v) is 9.47. The summed E-state index contributed by atoms with van der Waals surface area (Å²) < 4.78 is 5.01. The average molecular weight is 176 g/mol. The number of carbonyl (C=O) groups excluding carboxylic acids is 1. The highest BCUT2D eigenvalue weighted by atomic mass is 28.1. The van der Waals surface area contributed by atoms with E-state index in [1.54, 1.807) is 0 Å². The Balaban J connectivity index is 4.01. The molecule has 0 aliphatic rings. The van der Waals surface area contributed by atoms with Crippen molar-refractivity contribution < 1.29 is 9.53 Å². The van der Waals surface area contributed by atoms with E-state index >= 15 is 0 Å². The number of rotatable bonds is 2. The zero-order valence-electron chi connectivity index (χ0n) is 7.47. The van der Waals surface area contributed by atoms with Crippen LogP contribution in [-0.2, 0) is 4.74 Å². The van der Waals surface area contributed by atoms with Crippen molar-refractivity contribution in [2.24, 2.45) is 5.84 Å². The Bertz CT molecular complexity index is 148. The van der Waals surface area contributed by atoms with Crippen molar-refractivity contribution in [1.82, 2.24) is 5.43 Å². The lowest BCUT2D eigenvalue weighted by atomic mass is 10.1. The Labute approximate surface area is 69.9 Å². The first-order chi connectivity index (χ1) is 4.90. The van der Waals surface area contributed by atoms with Crippen LogP contribution in [-0.4, -0.2) is 21.9 Å². The van der Waals surface area contributed by atoms with Crippen LogP contribution in [0.25, 0.3) is 0 Å². The highest BCUT2D eigenvalue weighted by Crippen LogP contribution is 2.22. The molecule has 0 aromatic carbocycles. The molecule has 0 radical (unpaired) electrons. The van der Waals surface area contributed by atoms with Crippen LogP contribution in [0.15, 0.2) is 0 Å². The van der Waals surface area contributed by atoms with Crippen LogP contribution >= 0.6 is 0 Å². The summed E-state index contributed by atoms with van der Waals surface area (Å²) in [7, 11) is 0.989. The Hall–Kier alpha value is -0.553. The standard InChI is InChI=1S/C6H16N2O2Si/c1-4(11)6(2,3)10-5(9)8-7/h4H,7H2,1-3,11H3,(H,8,9). The van der Waals surface area contributed by atoms with E-state index < -0.39 is 11.7 Å². The topological polar surface area (TPSA) is 64.3 Å². The number of carbonyl (C=O) groups is 1. The van der Waals surface area contributed by atoms with Gasteiger partial charge in [-0.15, -0.1) is 0 Å². The third kappa shape index (κ3) is 3.38. The molecule has 0 spiro atoms. The minimum absolute atomic E-state index is 0.403. The van der Waals surface area contributed by atoms with Crippen molar-refractivity contribution in [2.75, 3.05) is 0 Å². The van der Waals surface area contributed by atoms with Crippen molar-refractivity contribution in [1.29, 1.82) is 0 Å². The normalized spacial score (nSPS) is 14.2. The molecule has 3 N–H and O–H groups in total. The number of ether oxygens (including phenoxy) is 1. The second-order valence-electron chi connectivity index (χ2n) is 3.29. The van der Waals surface area contributed by atoms with E-state index in [0.29, 0.717) is 5.54 Å². The van der Waals surface area contributed by atoms with Gasteiger partial charge in [-0.25, -0.2) is 10.6 Å². The van der Waals surface area contributed by atoms with E-state index in [-0.39, 0.29) is 0 Å². The van der Waals surface area contributed by atoms with Crippen LogP contribution in [0.4, 0.5) is 4.79 Å². The van der Waals surface area contributed by atoms with Crippen LogP contribution in [0.2, 0.25) is 5.54 Å². The second kappa shape index (κ2) is 3.73. The minimum Gasteiger partial charge on any atom is -0.443 e. The molecule has 0 heterocycles. The van der Waals surface area contributed by atoms with Gasteiger partial charge in [0.1, 0.15) is 5.60 Å². The fourth-order valence-corrected chi connectivity index (χ4v) is 0.504. The lowest BCUT2D eigenvalue weighted by Crippen LogP contribution is -2.39. The molecule has 0 fully saturated rings. The van der Waals surface area contributed by atoms with Crippen LogP contribution in [0.1, 0.15) is 20.8 Å². The maximum absolute atomic E-state index is 10.7. The van der Waals surface area contributed by atoms with Gasteiger partial charge in [0.15, 0.2) is 0 Å². The molecule has 0 aliphatic heterocycles. The Morgan fingerprint density at radius 1 is 1.73 bits per heavy atom. The largest absolute Gasteiger partial charge is 0.443 e. The highest BCUT2D eigenvalue weighted by Gasteiger charge is 2.26. The van der Waals surface area contributed by atoms with Crippen molar-refractivity contribution in [2.45, 2.75) is 31.9 Å². The summed E-state index contributed by atoms with van der Waals surface area (Å²) in [4.78, 5) is 10.7. The first-order valence-corrected chi connectivity index (χ1v) is 4.75. The van der Waals surface area contributed by atoms with Gasteiger partial charge in [0.2, 0.25) is 0 Å². The van der Waals surface area contributed by atoms with E-state index in [0.717, 1.165) is 10.2 Å². The van der Waals surface area contributed by atoms with Crippen molar-refractivity contribution >= 4 is 16.3 Å². The molecule has 0 rings (SSSR count). The Morgan fingerprint density at radius 3 is 2.45 bits per heavy atom. The summed E-state index contributed by atoms with van der Waals surface area (Å²) in [6.07, 6.45) is -0.572. The first-order valence-electron chi connectivity index (χ1n) is 3.59. The molecule has 0 aliphatic carbocycles. The fraction of sp³-hybridized carbons (Fsp3) is 0.833. The van der Waals surface area contributed by atoms with Gasteiger partial charge in [0.05, 0.1) is 0 Å². The van der Waals surface area contributed by atoms with Crippen LogP contribution in [0, 0.1) is 0 Å². The molecule has 1 unspecified atom stereocenters. The van der Waals surface area contributed by atoms with E-state index in [9.17, 15) is 4.79 Å². The third-order valence-corrected chi connectivity index (χ3v) is 3.25. The average Bonchev–Trinajstić information content (AvgIpc) is 1.86. The summed E-state index contributed by atoms with van der Waals surface area (Å²) in [6, 6.07) is 0. The SMILES string of the molecule is CC([SiH3])C(C)(C)OC(=O)NN. The molecule has 1 atom stereocenters. The summed E-state index contributed by atoms with van der Waals surface area (Å²) in [5.74, 6) is 4.87. The summed E-state index contributed by atoms with van der Waals surface area (Å²) in [5.41, 5.74) is 1.93. The zero-order chi connectivity index (χ0) is 9.07. The predicted octanol–water partition coefficient (Wildman–Crippen LogP) is -0.461. The van der Waals surface area contributed by atoms with Gasteiger partial charge >= 0.3 is 6.09 Å². The van der Waals surface area contributed by atoms with Crippen molar-refractivity contribution in [3.63, 3.8) is 0 Å². The maximum Gasteiger partial charge on any atom is 0.421 e. The highest BCUT2D eigenvalue weighted by molar-refractivity contribution is 6.12. The molecule has 66 valence electrons. The molecule has 5 heteroatoms. The smallest absolute Gasteiger partial charge is 0.421 e. The van der Waals surface area contributed by atoms with E-state index in [2.05, 4.69) is 0 Å². The molecule has 0 aromatic rings. The number of hydrazine groups is 1. The molecule has 11 heavy (non-hydrogen) atoms. The van der Waals surface area contributed by atoms with Gasteiger partial charge in [-0.2, -0.15) is 0 Å². The lowest BCUT2D eigenvalue weighted by molar-refractivity contribution is 0.0370. The van der Waals surface area contributed by atoms with Gasteiger partial charge < -0.3 is 4.74 Å². The number of nitrogens with one attached hydrogen (secondary N) is 1. The van der Waals surface area contributed by atoms with Gasteiger partial charge in [-0.1, -0.05) is 6.92 Å². The molecule has 4 nitrogen and oxygen atoms in total. The molecule has 0 saturated heterocycles. The van der Waals surface area contributed by atoms with Crippen molar-refractivity contribution in [3.8, 4) is 0 Å². The lowest BCUT2D eigenvalue weighted by Gasteiger charge is -2.28. The quantitative estimate of drug-likeness (QED) is 0.259. The predicted molar refractivity (Wildman–Crippen MR) is 47.2 cm³/mol. The maximum atomic E-state index is 10.7. The number of amides is 1. The summed E-state index contributed by atoms with van der Waals surface area (Å²) >= 11 is 0. The van der Waals surface area contributed by atoms with Gasteiger partial charge in [0.25, 0.3) is 0 Å². The Morgan fingerprint density at radius 2 is 2.18 bits per heavy atom. The second-order valence-corrected chi connectivity index (χ2v) is 5.02. The van der Waals surface area contributed by atoms with Gasteiger partial charge in [-0.05, 0) is 19.4 Å². The van der Waals surface area contributed by atoms with Crippen LogP contribution < -0.4 is 11.3 Å². The fourth-order valence-electron chi connectivity index (χ4n) is 0.386. The van der Waals surface area contributed by atoms with Gasteiger partial charge in [0, 0.05) is 10.2 Å². The Kier molecular flexibility index (Phi) is 3.54. The molecular formula is C6H16N2O2Si. The minimum atomic E-state index is -0.572. The van der Waals surface area contributed by atoms with E-state index in [1.165, 1.54) is 0 Å². The summed E-state index contributed by atoms with van der Waals surface area (Å²) in [6.45, 7) is 5.79. The third-order valence-electron chi connectivity index (χ3n) is 1.86. The number of hydrogen-bond donors (Lipinski definition) is 2. The van der Waals surface area contributed by atoms with Gasteiger partial charge in [-0.3, -0.25) is 5.43 Å². The van der Waals surface area contributed by atoms with Crippen molar-refractivity contribution in [3.05, 3.63) is 0 Å². The van der Waals surface area contributed by atoms with E-state index in [4.69, 9.17) is 10.6 Å². The molecule has 1 amide bonds. The van der Waals surface area contributed by atoms with E-state index in [1.807, 2.05) is 26.2 Å². The number of hydrogen-bond acceptors (Lipinski definition) is 3. The van der Waals surface area contributed by atoms with Crippen LogP contribution in [0.3, 0.4) is 0 Å². The number of nitrogens with two attached hydrogens (primary N) is 1. The summed E-state index contributed by atoms with van der Waals surface area (Å²) in [5, 5.41) is 0. The molecule has 0 aromatic heterocycles. The first kappa shape index (κ1) is 10.4. The molecule has 0 bridgehead atoms. The molecule has 0 saturated carbocycles.